The van der Waals surface area contributed by atoms with Crippen LogP contribution in [-0.2, 0) is 4.79 Å². The Morgan fingerprint density at radius 1 is 1.13 bits per heavy atom. The quantitative estimate of drug-likeness (QED) is 0.904. The minimum absolute atomic E-state index is 0.135. The van der Waals surface area contributed by atoms with Gasteiger partial charge in [0.05, 0.1) is 22.6 Å². The van der Waals surface area contributed by atoms with Crippen molar-refractivity contribution in [2.24, 2.45) is 5.41 Å². The number of hydrogen-bond donors (Lipinski definition) is 2. The first-order valence-electron chi connectivity index (χ1n) is 7.84. The molecule has 1 aromatic carbocycles. The van der Waals surface area contributed by atoms with Crippen molar-refractivity contribution >= 4 is 22.9 Å². The molecule has 1 saturated carbocycles. The van der Waals surface area contributed by atoms with Crippen LogP contribution < -0.4 is 5.32 Å². The van der Waals surface area contributed by atoms with Crippen molar-refractivity contribution in [1.82, 2.24) is 15.3 Å². The summed E-state index contributed by atoms with van der Waals surface area (Å²) in [4.78, 5) is 32.4. The number of fused-ring (bicyclic) bond motifs is 1. The van der Waals surface area contributed by atoms with Crippen LogP contribution in [0.15, 0.2) is 30.5 Å². The number of para-hydroxylation sites is 2. The van der Waals surface area contributed by atoms with Crippen molar-refractivity contribution in [3.05, 3.63) is 36.2 Å². The summed E-state index contributed by atoms with van der Waals surface area (Å²) in [5.41, 5.74) is 0.724. The van der Waals surface area contributed by atoms with Crippen molar-refractivity contribution in [3.8, 4) is 0 Å². The molecule has 1 aliphatic rings. The lowest BCUT2D eigenvalue weighted by atomic mass is 9.74. The van der Waals surface area contributed by atoms with E-state index in [9.17, 15) is 14.7 Å². The van der Waals surface area contributed by atoms with Crippen LogP contribution in [0.25, 0.3) is 11.0 Å². The number of aromatic nitrogens is 2. The summed E-state index contributed by atoms with van der Waals surface area (Å²) < 4.78 is 0. The summed E-state index contributed by atoms with van der Waals surface area (Å²) in [6, 6.07) is 7.31. The monoisotopic (exact) mass is 313 g/mol. The summed E-state index contributed by atoms with van der Waals surface area (Å²) in [5.74, 6) is -1.21. The highest BCUT2D eigenvalue weighted by molar-refractivity contribution is 5.94. The van der Waals surface area contributed by atoms with Gasteiger partial charge in [-0.3, -0.25) is 14.6 Å². The van der Waals surface area contributed by atoms with Crippen molar-refractivity contribution in [3.63, 3.8) is 0 Å². The average Bonchev–Trinajstić information content (AvgIpc) is 2.60. The van der Waals surface area contributed by atoms with E-state index in [1.54, 1.807) is 6.07 Å². The first-order chi connectivity index (χ1) is 11.1. The molecule has 0 unspecified atom stereocenters. The van der Waals surface area contributed by atoms with Crippen molar-refractivity contribution in [2.45, 2.75) is 32.1 Å². The number of benzene rings is 1. The summed E-state index contributed by atoms with van der Waals surface area (Å²) in [7, 11) is 0. The Bertz CT molecular complexity index is 739. The van der Waals surface area contributed by atoms with Crippen molar-refractivity contribution < 1.29 is 14.7 Å². The molecule has 23 heavy (non-hydrogen) atoms. The number of carbonyl (C=O) groups is 2. The maximum absolute atomic E-state index is 12.3. The molecule has 1 amide bonds. The van der Waals surface area contributed by atoms with E-state index < -0.39 is 11.4 Å². The van der Waals surface area contributed by atoms with Gasteiger partial charge in [-0.2, -0.15) is 0 Å². The average molecular weight is 313 g/mol. The summed E-state index contributed by atoms with van der Waals surface area (Å²) in [5, 5.41) is 12.3. The molecule has 3 rings (SSSR count). The Morgan fingerprint density at radius 3 is 2.52 bits per heavy atom. The zero-order valence-corrected chi connectivity index (χ0v) is 12.8. The second-order valence-corrected chi connectivity index (χ2v) is 6.07. The molecule has 0 aliphatic heterocycles. The minimum atomic E-state index is -0.849. The molecular weight excluding hydrogens is 294 g/mol. The van der Waals surface area contributed by atoms with E-state index in [0.29, 0.717) is 18.4 Å². The third-order valence-electron chi connectivity index (χ3n) is 4.53. The van der Waals surface area contributed by atoms with Crippen LogP contribution in [0.1, 0.15) is 42.6 Å². The SMILES string of the molecule is O=C(NCC1(C(=O)O)CCCCC1)c1cnc2ccccc2n1. The van der Waals surface area contributed by atoms with Gasteiger partial charge in [0.2, 0.25) is 0 Å². The molecule has 0 saturated heterocycles. The van der Waals surface area contributed by atoms with E-state index in [0.717, 1.165) is 24.8 Å². The molecule has 0 spiro atoms. The molecule has 2 N–H and O–H groups in total. The normalized spacial score (nSPS) is 16.9. The molecule has 0 bridgehead atoms. The number of carboxylic acid groups (broad SMARTS) is 1. The van der Waals surface area contributed by atoms with E-state index in [-0.39, 0.29) is 18.1 Å². The maximum atomic E-state index is 12.3. The van der Waals surface area contributed by atoms with Gasteiger partial charge in [0.1, 0.15) is 5.69 Å². The number of amides is 1. The highest BCUT2D eigenvalue weighted by Gasteiger charge is 2.39. The number of hydrogen-bond acceptors (Lipinski definition) is 4. The lowest BCUT2D eigenvalue weighted by molar-refractivity contribution is -0.150. The third kappa shape index (κ3) is 3.16. The first kappa shape index (κ1) is 15.4. The van der Waals surface area contributed by atoms with Crippen LogP contribution in [0.4, 0.5) is 0 Å². The van der Waals surface area contributed by atoms with E-state index in [4.69, 9.17) is 0 Å². The maximum Gasteiger partial charge on any atom is 0.311 e. The summed E-state index contributed by atoms with van der Waals surface area (Å²) >= 11 is 0. The topological polar surface area (TPSA) is 92.2 Å². The Balaban J connectivity index is 1.73. The molecule has 6 nitrogen and oxygen atoms in total. The van der Waals surface area contributed by atoms with Gasteiger partial charge >= 0.3 is 5.97 Å². The predicted octanol–water partition coefficient (Wildman–Crippen LogP) is 2.39. The van der Waals surface area contributed by atoms with Gasteiger partial charge in [-0.1, -0.05) is 31.4 Å². The highest BCUT2D eigenvalue weighted by atomic mass is 16.4. The van der Waals surface area contributed by atoms with Crippen LogP contribution in [0.3, 0.4) is 0 Å². The molecule has 0 atom stereocenters. The van der Waals surface area contributed by atoms with Crippen LogP contribution in [0, 0.1) is 5.41 Å². The lowest BCUT2D eigenvalue weighted by Gasteiger charge is -2.33. The van der Waals surface area contributed by atoms with Crippen LogP contribution in [-0.4, -0.2) is 33.5 Å². The van der Waals surface area contributed by atoms with Gasteiger partial charge in [0.25, 0.3) is 5.91 Å². The van der Waals surface area contributed by atoms with E-state index >= 15 is 0 Å². The zero-order valence-electron chi connectivity index (χ0n) is 12.8. The fourth-order valence-electron chi connectivity index (χ4n) is 3.10. The smallest absolute Gasteiger partial charge is 0.311 e. The Kier molecular flexibility index (Phi) is 4.23. The van der Waals surface area contributed by atoms with Gasteiger partial charge in [0.15, 0.2) is 0 Å². The van der Waals surface area contributed by atoms with Gasteiger partial charge in [-0.25, -0.2) is 4.98 Å². The predicted molar refractivity (Wildman–Crippen MR) is 85.0 cm³/mol. The fourth-order valence-corrected chi connectivity index (χ4v) is 3.10. The van der Waals surface area contributed by atoms with E-state index in [1.807, 2.05) is 18.2 Å². The molecule has 2 aromatic rings. The number of carbonyl (C=O) groups excluding carboxylic acids is 1. The van der Waals surface area contributed by atoms with Gasteiger partial charge in [0, 0.05) is 6.54 Å². The van der Waals surface area contributed by atoms with E-state index in [1.165, 1.54) is 6.20 Å². The second kappa shape index (κ2) is 6.32. The summed E-state index contributed by atoms with van der Waals surface area (Å²) in [6.07, 6.45) is 5.46. The van der Waals surface area contributed by atoms with E-state index in [2.05, 4.69) is 15.3 Å². The molecule has 1 aliphatic carbocycles. The number of nitrogens with zero attached hydrogens (tertiary/aromatic N) is 2. The molecular formula is C17H19N3O3. The lowest BCUT2D eigenvalue weighted by Crippen LogP contribution is -2.44. The van der Waals surface area contributed by atoms with Gasteiger partial charge in [-0.15, -0.1) is 0 Å². The fraction of sp³-hybridized carbons (Fsp3) is 0.412. The number of aliphatic carboxylic acids is 1. The number of nitrogens with one attached hydrogen (secondary N) is 1. The molecule has 1 aromatic heterocycles. The molecule has 0 radical (unpaired) electrons. The zero-order chi connectivity index (χ0) is 16.3. The first-order valence-corrected chi connectivity index (χ1v) is 7.84. The highest BCUT2D eigenvalue weighted by Crippen LogP contribution is 2.36. The van der Waals surface area contributed by atoms with Gasteiger partial charge < -0.3 is 10.4 Å². The Morgan fingerprint density at radius 2 is 1.83 bits per heavy atom. The van der Waals surface area contributed by atoms with Crippen LogP contribution in [0.2, 0.25) is 0 Å². The Hall–Kier alpha value is -2.50. The van der Waals surface area contributed by atoms with Crippen molar-refractivity contribution in [1.29, 1.82) is 0 Å². The molecule has 1 heterocycles. The molecule has 120 valence electrons. The summed E-state index contributed by atoms with van der Waals surface area (Å²) in [6.45, 7) is 0.135. The molecule has 1 fully saturated rings. The van der Waals surface area contributed by atoms with Crippen LogP contribution >= 0.6 is 0 Å². The van der Waals surface area contributed by atoms with Gasteiger partial charge in [-0.05, 0) is 25.0 Å². The van der Waals surface area contributed by atoms with Crippen LogP contribution in [0.5, 0.6) is 0 Å². The number of rotatable bonds is 4. The second-order valence-electron chi connectivity index (χ2n) is 6.07. The largest absolute Gasteiger partial charge is 0.481 e. The van der Waals surface area contributed by atoms with Crippen molar-refractivity contribution in [2.75, 3.05) is 6.54 Å². The standard InChI is InChI=1S/C17H19N3O3/c21-15(14-10-18-12-6-2-3-7-13(12)20-14)19-11-17(16(22)23)8-4-1-5-9-17/h2-3,6-7,10H,1,4-5,8-9,11H2,(H,19,21)(H,22,23). The number of carboxylic acids is 1. The minimum Gasteiger partial charge on any atom is -0.481 e. The molecule has 6 heteroatoms. The Labute approximate surface area is 133 Å². The third-order valence-corrected chi connectivity index (χ3v) is 4.53.